The van der Waals surface area contributed by atoms with E-state index in [1.165, 1.54) is 38.5 Å². The molecule has 0 spiro atoms. The Bertz CT molecular complexity index is 655. The van der Waals surface area contributed by atoms with Gasteiger partial charge in [0.2, 0.25) is 17.7 Å². The molecular weight excluding hydrogens is 522 g/mol. The molecule has 10 heteroatoms. The van der Waals surface area contributed by atoms with E-state index in [-0.39, 0.29) is 36.7 Å². The lowest BCUT2D eigenvalue weighted by Gasteiger charge is -2.18. The largest absolute Gasteiger partial charge is 0.468 e. The molecule has 1 aliphatic carbocycles. The first-order valence-corrected chi connectivity index (χ1v) is 15.6. The Morgan fingerprint density at radius 1 is 1.00 bits per heavy atom. The molecule has 1 rings (SSSR count). The van der Waals surface area contributed by atoms with Crippen molar-refractivity contribution in [2.24, 2.45) is 23.3 Å². The molecule has 0 aromatic rings. The van der Waals surface area contributed by atoms with Gasteiger partial charge < -0.3 is 32.2 Å². The first-order valence-electron chi connectivity index (χ1n) is 15.6. The molecule has 0 aliphatic heterocycles. The summed E-state index contributed by atoms with van der Waals surface area (Å²) in [7, 11) is 1.67. The predicted octanol–water partition coefficient (Wildman–Crippen LogP) is 3.97. The maximum atomic E-state index is 12.3. The van der Waals surface area contributed by atoms with Crippen molar-refractivity contribution in [3.05, 3.63) is 12.2 Å². The Morgan fingerprint density at radius 3 is 2.05 bits per heavy atom. The monoisotopic (exact) mass is 585 g/mol. The van der Waals surface area contributed by atoms with Crippen LogP contribution in [0.15, 0.2) is 12.2 Å². The van der Waals surface area contributed by atoms with Gasteiger partial charge in [-0.25, -0.2) is 0 Å². The minimum absolute atomic E-state index is 0.151. The van der Waals surface area contributed by atoms with Gasteiger partial charge in [-0.05, 0) is 52.1 Å². The SMILES string of the molecule is CC1CCCCC1.CCC.CCCC[C@H](/C=C/CNC(=O)[C@H](CCCCN)NC(=O)CNC)C(N)=O.CCOC=O. The first-order chi connectivity index (χ1) is 19.7. The number of nitrogens with one attached hydrogen (secondary N) is 3. The fourth-order valence-corrected chi connectivity index (χ4v) is 3.81. The number of ether oxygens (including phenoxy) is 1. The molecule has 0 saturated heterocycles. The van der Waals surface area contributed by atoms with Gasteiger partial charge in [0.15, 0.2) is 0 Å². The number of hydrogen-bond donors (Lipinski definition) is 5. The number of carbonyl (C=O) groups is 4. The zero-order valence-corrected chi connectivity index (χ0v) is 27.0. The van der Waals surface area contributed by atoms with Crippen molar-refractivity contribution in [1.82, 2.24) is 16.0 Å². The van der Waals surface area contributed by atoms with E-state index in [4.69, 9.17) is 11.5 Å². The zero-order valence-electron chi connectivity index (χ0n) is 27.0. The van der Waals surface area contributed by atoms with Crippen LogP contribution in [0.3, 0.4) is 0 Å². The molecule has 0 bridgehead atoms. The lowest BCUT2D eigenvalue weighted by atomic mass is 9.91. The second-order valence-electron chi connectivity index (χ2n) is 10.3. The van der Waals surface area contributed by atoms with Gasteiger partial charge >= 0.3 is 0 Å². The van der Waals surface area contributed by atoms with Gasteiger partial charge in [-0.3, -0.25) is 19.2 Å². The highest BCUT2D eigenvalue weighted by atomic mass is 16.5. The summed E-state index contributed by atoms with van der Waals surface area (Å²) in [6.07, 6.45) is 16.9. The van der Waals surface area contributed by atoms with E-state index in [0.717, 1.165) is 31.6 Å². The van der Waals surface area contributed by atoms with Crippen molar-refractivity contribution in [3.8, 4) is 0 Å². The molecule has 7 N–H and O–H groups in total. The third kappa shape index (κ3) is 31.9. The zero-order chi connectivity index (χ0) is 31.7. The summed E-state index contributed by atoms with van der Waals surface area (Å²) in [5.74, 6) is -0.124. The summed E-state index contributed by atoms with van der Waals surface area (Å²) >= 11 is 0. The van der Waals surface area contributed by atoms with Gasteiger partial charge in [0.05, 0.1) is 19.1 Å². The maximum Gasteiger partial charge on any atom is 0.293 e. The van der Waals surface area contributed by atoms with E-state index in [2.05, 4.69) is 48.4 Å². The van der Waals surface area contributed by atoms with Crippen molar-refractivity contribution in [2.75, 3.05) is 33.3 Å². The fraction of sp³-hybridized carbons (Fsp3) is 0.806. The Kier molecular flexibility index (Phi) is 35.4. The number of nitrogens with two attached hydrogens (primary N) is 2. The van der Waals surface area contributed by atoms with E-state index >= 15 is 0 Å². The van der Waals surface area contributed by atoms with Crippen LogP contribution in [0.4, 0.5) is 0 Å². The summed E-state index contributed by atoms with van der Waals surface area (Å²) in [5, 5.41) is 8.24. The molecule has 1 saturated carbocycles. The third-order valence-corrected chi connectivity index (χ3v) is 6.06. The lowest BCUT2D eigenvalue weighted by Crippen LogP contribution is -2.48. The van der Waals surface area contributed by atoms with Crippen LogP contribution in [0.1, 0.15) is 112 Å². The Hall–Kier alpha value is -2.46. The molecule has 0 heterocycles. The third-order valence-electron chi connectivity index (χ3n) is 6.06. The standard InChI is InChI=1S/C18H35N5O3.C7H14.C3H6O2.C3H8/c1-3-4-8-14(17(20)25)9-7-12-22-18(26)15(10-5-6-11-19)23-16(24)13-21-2;1-7-5-3-2-4-6-7;1-2-5-3-4;1-3-2/h7,9,14-15,21H,3-6,8,10-13,19H2,1-2H3,(H2,20,25)(H,22,26)(H,23,24);7H,2-6H2,1H3;3H,2H2,1H3;3H2,1-2H3/b9-7+;;;/t14-,15+;;;/m1.../s1. The number of primary amides is 1. The minimum Gasteiger partial charge on any atom is -0.468 e. The molecule has 3 amide bonds. The van der Waals surface area contributed by atoms with Crippen LogP contribution in [0.2, 0.25) is 0 Å². The molecule has 0 aromatic heterocycles. The molecule has 242 valence electrons. The number of hydrogen-bond acceptors (Lipinski definition) is 7. The lowest BCUT2D eigenvalue weighted by molar-refractivity contribution is -0.128. The molecule has 0 radical (unpaired) electrons. The van der Waals surface area contributed by atoms with Crippen LogP contribution in [-0.4, -0.2) is 63.5 Å². The predicted molar refractivity (Wildman–Crippen MR) is 169 cm³/mol. The number of rotatable bonds is 17. The van der Waals surface area contributed by atoms with Crippen molar-refractivity contribution in [3.63, 3.8) is 0 Å². The molecular formula is C31H63N5O5. The molecule has 0 aromatic carbocycles. The van der Waals surface area contributed by atoms with Crippen LogP contribution in [0.5, 0.6) is 0 Å². The second-order valence-corrected chi connectivity index (χ2v) is 10.3. The molecule has 41 heavy (non-hydrogen) atoms. The quantitative estimate of drug-likeness (QED) is 0.0978. The summed E-state index contributed by atoms with van der Waals surface area (Å²) in [4.78, 5) is 44.6. The van der Waals surface area contributed by atoms with Gasteiger partial charge in [0.25, 0.3) is 6.47 Å². The van der Waals surface area contributed by atoms with E-state index in [1.54, 1.807) is 26.1 Å². The van der Waals surface area contributed by atoms with Crippen molar-refractivity contribution in [1.29, 1.82) is 0 Å². The van der Waals surface area contributed by atoms with Gasteiger partial charge in [0.1, 0.15) is 6.04 Å². The number of likely N-dealkylation sites (N-methyl/N-ethyl adjacent to an activating group) is 1. The number of carbonyl (C=O) groups excluding carboxylic acids is 4. The normalized spacial score (nSPS) is 14.0. The van der Waals surface area contributed by atoms with Crippen LogP contribution in [0.25, 0.3) is 0 Å². The highest BCUT2D eigenvalue weighted by Gasteiger charge is 2.19. The minimum atomic E-state index is -0.595. The topological polar surface area (TPSA) is 166 Å². The number of unbranched alkanes of at least 4 members (excludes halogenated alkanes) is 2. The molecule has 0 unspecified atom stereocenters. The molecule has 1 aliphatic rings. The summed E-state index contributed by atoms with van der Waals surface area (Å²) in [6, 6.07) is -0.595. The highest BCUT2D eigenvalue weighted by molar-refractivity contribution is 5.88. The Labute approximate surface area is 250 Å². The smallest absolute Gasteiger partial charge is 0.293 e. The van der Waals surface area contributed by atoms with E-state index in [9.17, 15) is 19.2 Å². The summed E-state index contributed by atoms with van der Waals surface area (Å²) < 4.78 is 4.15. The Morgan fingerprint density at radius 2 is 1.63 bits per heavy atom. The van der Waals surface area contributed by atoms with Crippen molar-refractivity contribution >= 4 is 24.2 Å². The van der Waals surface area contributed by atoms with Crippen LogP contribution in [-0.2, 0) is 23.9 Å². The van der Waals surface area contributed by atoms with Crippen molar-refractivity contribution < 1.29 is 23.9 Å². The average Bonchev–Trinajstić information content (AvgIpc) is 2.94. The van der Waals surface area contributed by atoms with Gasteiger partial charge in [-0.15, -0.1) is 0 Å². The van der Waals surface area contributed by atoms with Gasteiger partial charge in [-0.2, -0.15) is 0 Å². The molecule has 10 nitrogen and oxygen atoms in total. The fourth-order valence-electron chi connectivity index (χ4n) is 3.81. The second kappa shape index (κ2) is 33.7. The number of amides is 3. The van der Waals surface area contributed by atoms with Crippen LogP contribution < -0.4 is 27.4 Å². The van der Waals surface area contributed by atoms with E-state index in [0.29, 0.717) is 32.5 Å². The van der Waals surface area contributed by atoms with E-state index in [1.807, 2.05) is 0 Å². The van der Waals surface area contributed by atoms with Gasteiger partial charge in [-0.1, -0.05) is 91.2 Å². The van der Waals surface area contributed by atoms with Crippen LogP contribution in [0, 0.1) is 11.8 Å². The summed E-state index contributed by atoms with van der Waals surface area (Å²) in [5.41, 5.74) is 10.9. The average molecular weight is 586 g/mol. The van der Waals surface area contributed by atoms with Crippen LogP contribution >= 0.6 is 0 Å². The molecule has 2 atom stereocenters. The summed E-state index contributed by atoms with van der Waals surface area (Å²) in [6.45, 7) is 12.3. The van der Waals surface area contributed by atoms with Crippen molar-refractivity contribution in [2.45, 2.75) is 118 Å². The maximum absolute atomic E-state index is 12.3. The van der Waals surface area contributed by atoms with E-state index < -0.39 is 6.04 Å². The Balaban J connectivity index is -0.000000774. The highest BCUT2D eigenvalue weighted by Crippen LogP contribution is 2.22. The van der Waals surface area contributed by atoms with Gasteiger partial charge in [0, 0.05) is 6.54 Å². The molecule has 1 fully saturated rings. The first kappa shape index (κ1) is 43.0.